The SMILES string of the molecule is Cc1ccc(N(CC(=O)NCCSC2CCCC2)S(=O)(=O)c2ccccc2)cc1. The van der Waals surface area contributed by atoms with Crippen LogP contribution in [0.4, 0.5) is 5.69 Å². The smallest absolute Gasteiger partial charge is 0.264 e. The van der Waals surface area contributed by atoms with E-state index in [0.717, 1.165) is 11.3 Å². The van der Waals surface area contributed by atoms with Gasteiger partial charge in [-0.2, -0.15) is 11.8 Å². The fraction of sp³-hybridized carbons (Fsp3) is 0.409. The quantitative estimate of drug-likeness (QED) is 0.609. The highest BCUT2D eigenvalue weighted by molar-refractivity contribution is 7.99. The van der Waals surface area contributed by atoms with E-state index in [2.05, 4.69) is 5.32 Å². The second-order valence-electron chi connectivity index (χ2n) is 7.29. The molecule has 1 saturated carbocycles. The van der Waals surface area contributed by atoms with Crippen molar-refractivity contribution in [2.75, 3.05) is 23.1 Å². The Morgan fingerprint density at radius 3 is 2.38 bits per heavy atom. The third kappa shape index (κ3) is 6.00. The largest absolute Gasteiger partial charge is 0.354 e. The van der Waals surface area contributed by atoms with Crippen molar-refractivity contribution in [2.24, 2.45) is 0 Å². The summed E-state index contributed by atoms with van der Waals surface area (Å²) in [5, 5.41) is 3.58. The maximum atomic E-state index is 13.2. The lowest BCUT2D eigenvalue weighted by atomic mass is 10.2. The number of nitrogens with zero attached hydrogens (tertiary/aromatic N) is 1. The van der Waals surface area contributed by atoms with Crippen LogP contribution in [0.2, 0.25) is 0 Å². The van der Waals surface area contributed by atoms with Gasteiger partial charge in [0.2, 0.25) is 5.91 Å². The van der Waals surface area contributed by atoms with Crippen LogP contribution in [0.15, 0.2) is 59.5 Å². The Kier molecular flexibility index (Phi) is 7.61. The van der Waals surface area contributed by atoms with Gasteiger partial charge in [-0.05, 0) is 44.0 Å². The molecule has 0 radical (unpaired) electrons. The molecule has 7 heteroatoms. The Balaban J connectivity index is 1.68. The Labute approximate surface area is 177 Å². The summed E-state index contributed by atoms with van der Waals surface area (Å²) in [6.45, 7) is 2.25. The molecule has 1 aliphatic carbocycles. The van der Waals surface area contributed by atoms with Gasteiger partial charge in [0, 0.05) is 17.5 Å². The van der Waals surface area contributed by atoms with Crippen LogP contribution >= 0.6 is 11.8 Å². The van der Waals surface area contributed by atoms with Crippen molar-refractivity contribution in [2.45, 2.75) is 42.8 Å². The number of carbonyl (C=O) groups is 1. The number of anilines is 1. The average Bonchev–Trinajstić information content (AvgIpc) is 3.24. The molecule has 1 aliphatic rings. The van der Waals surface area contributed by atoms with Crippen LogP contribution in [0.25, 0.3) is 0 Å². The number of aryl methyl sites for hydroxylation is 1. The summed E-state index contributed by atoms with van der Waals surface area (Å²) in [6, 6.07) is 15.4. The zero-order chi connectivity index (χ0) is 20.7. The molecular formula is C22H28N2O3S2. The molecule has 0 saturated heterocycles. The van der Waals surface area contributed by atoms with E-state index in [4.69, 9.17) is 0 Å². The van der Waals surface area contributed by atoms with E-state index in [9.17, 15) is 13.2 Å². The second kappa shape index (κ2) is 10.2. The normalized spacial score (nSPS) is 14.7. The van der Waals surface area contributed by atoms with Gasteiger partial charge in [0.25, 0.3) is 10.0 Å². The lowest BCUT2D eigenvalue weighted by Crippen LogP contribution is -2.41. The van der Waals surface area contributed by atoms with Gasteiger partial charge in [-0.25, -0.2) is 8.42 Å². The molecular weight excluding hydrogens is 404 g/mol. The molecule has 2 aromatic carbocycles. The molecule has 29 heavy (non-hydrogen) atoms. The topological polar surface area (TPSA) is 66.5 Å². The van der Waals surface area contributed by atoms with Crippen molar-refractivity contribution < 1.29 is 13.2 Å². The van der Waals surface area contributed by atoms with Crippen LogP contribution in [0.1, 0.15) is 31.2 Å². The zero-order valence-corrected chi connectivity index (χ0v) is 18.3. The minimum atomic E-state index is -3.84. The van der Waals surface area contributed by atoms with Gasteiger partial charge in [-0.1, -0.05) is 48.7 Å². The predicted molar refractivity (Wildman–Crippen MR) is 120 cm³/mol. The van der Waals surface area contributed by atoms with Gasteiger partial charge in [0.1, 0.15) is 6.54 Å². The van der Waals surface area contributed by atoms with E-state index in [1.54, 1.807) is 42.5 Å². The van der Waals surface area contributed by atoms with Crippen LogP contribution in [0.3, 0.4) is 0 Å². The third-order valence-electron chi connectivity index (χ3n) is 5.02. The van der Waals surface area contributed by atoms with Gasteiger partial charge in [0.15, 0.2) is 0 Å². The Morgan fingerprint density at radius 1 is 1.07 bits per heavy atom. The molecule has 0 atom stereocenters. The van der Waals surface area contributed by atoms with E-state index >= 15 is 0 Å². The summed E-state index contributed by atoms with van der Waals surface area (Å²) in [5.41, 5.74) is 1.51. The first-order valence-corrected chi connectivity index (χ1v) is 12.5. The Hall–Kier alpha value is -1.99. The van der Waals surface area contributed by atoms with E-state index in [1.807, 2.05) is 30.8 Å². The van der Waals surface area contributed by atoms with Crippen LogP contribution in [0, 0.1) is 6.92 Å². The summed E-state index contributed by atoms with van der Waals surface area (Å²) in [5.74, 6) is 0.559. The first-order valence-electron chi connectivity index (χ1n) is 9.99. The maximum absolute atomic E-state index is 13.2. The number of hydrogen-bond acceptors (Lipinski definition) is 4. The molecule has 0 bridgehead atoms. The summed E-state index contributed by atoms with van der Waals surface area (Å²) < 4.78 is 27.6. The van der Waals surface area contributed by atoms with Crippen LogP contribution in [0.5, 0.6) is 0 Å². The molecule has 0 heterocycles. The number of thioether (sulfide) groups is 1. The van der Waals surface area contributed by atoms with Crippen molar-refractivity contribution in [1.29, 1.82) is 0 Å². The van der Waals surface area contributed by atoms with Gasteiger partial charge in [0.05, 0.1) is 10.6 Å². The van der Waals surface area contributed by atoms with E-state index in [-0.39, 0.29) is 17.3 Å². The molecule has 0 aliphatic heterocycles. The number of benzene rings is 2. The number of sulfonamides is 1. The van der Waals surface area contributed by atoms with Crippen molar-refractivity contribution in [3.8, 4) is 0 Å². The van der Waals surface area contributed by atoms with Gasteiger partial charge < -0.3 is 5.32 Å². The Morgan fingerprint density at radius 2 is 1.72 bits per heavy atom. The fourth-order valence-corrected chi connectivity index (χ4v) is 6.07. The lowest BCUT2D eigenvalue weighted by molar-refractivity contribution is -0.119. The van der Waals surface area contributed by atoms with Crippen molar-refractivity contribution >= 4 is 33.4 Å². The van der Waals surface area contributed by atoms with Crippen LogP contribution in [-0.4, -0.2) is 38.4 Å². The van der Waals surface area contributed by atoms with E-state index in [0.29, 0.717) is 17.5 Å². The summed E-state index contributed by atoms with van der Waals surface area (Å²) in [6.07, 6.45) is 5.12. The van der Waals surface area contributed by atoms with Crippen molar-refractivity contribution in [3.05, 3.63) is 60.2 Å². The lowest BCUT2D eigenvalue weighted by Gasteiger charge is -2.24. The second-order valence-corrected chi connectivity index (χ2v) is 10.6. The summed E-state index contributed by atoms with van der Waals surface area (Å²) in [7, 11) is -3.84. The van der Waals surface area contributed by atoms with Gasteiger partial charge in [-0.15, -0.1) is 0 Å². The molecule has 0 spiro atoms. The molecule has 0 unspecified atom stereocenters. The molecule has 3 rings (SSSR count). The number of nitrogens with one attached hydrogen (secondary N) is 1. The molecule has 5 nitrogen and oxygen atoms in total. The first kappa shape index (κ1) is 21.7. The molecule has 2 aromatic rings. The highest BCUT2D eigenvalue weighted by atomic mass is 32.2. The van der Waals surface area contributed by atoms with Crippen molar-refractivity contribution in [3.63, 3.8) is 0 Å². The van der Waals surface area contributed by atoms with E-state index in [1.165, 1.54) is 30.0 Å². The van der Waals surface area contributed by atoms with Gasteiger partial charge in [-0.3, -0.25) is 9.10 Å². The minimum absolute atomic E-state index is 0.171. The van der Waals surface area contributed by atoms with Crippen molar-refractivity contribution in [1.82, 2.24) is 5.32 Å². The number of carbonyl (C=O) groups excluding carboxylic acids is 1. The average molecular weight is 433 g/mol. The molecule has 156 valence electrons. The zero-order valence-electron chi connectivity index (χ0n) is 16.7. The standard InChI is InChI=1S/C22H28N2O3S2/c1-18-11-13-19(14-12-18)24(29(26,27)21-9-3-2-4-10-21)17-22(25)23-15-16-28-20-7-5-6-8-20/h2-4,9-14,20H,5-8,15-17H2,1H3,(H,23,25). The predicted octanol–water partition coefficient (Wildman–Crippen LogP) is 3.98. The van der Waals surface area contributed by atoms with Gasteiger partial charge >= 0.3 is 0 Å². The number of rotatable bonds is 9. The summed E-state index contributed by atoms with van der Waals surface area (Å²) >= 11 is 1.90. The fourth-order valence-electron chi connectivity index (χ4n) is 3.40. The Bertz CT molecular complexity index is 893. The monoisotopic (exact) mass is 432 g/mol. The summed E-state index contributed by atoms with van der Waals surface area (Å²) in [4.78, 5) is 12.7. The van der Waals surface area contributed by atoms with Crippen LogP contribution < -0.4 is 9.62 Å². The molecule has 1 N–H and O–H groups in total. The highest BCUT2D eigenvalue weighted by Crippen LogP contribution is 2.29. The maximum Gasteiger partial charge on any atom is 0.264 e. The first-order chi connectivity index (χ1) is 14.0. The molecule has 1 fully saturated rings. The number of amides is 1. The van der Waals surface area contributed by atoms with E-state index < -0.39 is 10.0 Å². The minimum Gasteiger partial charge on any atom is -0.354 e. The third-order valence-corrected chi connectivity index (χ3v) is 8.19. The molecule has 1 amide bonds. The van der Waals surface area contributed by atoms with Crippen LogP contribution in [-0.2, 0) is 14.8 Å². The highest BCUT2D eigenvalue weighted by Gasteiger charge is 2.27. The number of hydrogen-bond donors (Lipinski definition) is 1. The molecule has 0 aromatic heterocycles.